The first-order valence-corrected chi connectivity index (χ1v) is 12.0. The van der Waals surface area contributed by atoms with E-state index in [1.807, 2.05) is 30.3 Å². The number of para-hydroxylation sites is 1. The molecule has 154 valence electrons. The van der Waals surface area contributed by atoms with Crippen LogP contribution >= 0.6 is 43.6 Å². The fourth-order valence-corrected chi connectivity index (χ4v) is 4.99. The van der Waals surface area contributed by atoms with E-state index in [1.165, 1.54) is 5.56 Å². The van der Waals surface area contributed by atoms with Gasteiger partial charge in [-0.25, -0.2) is 0 Å². The molecule has 0 fully saturated rings. The Morgan fingerprint density at radius 3 is 2.62 bits per heavy atom. The van der Waals surface area contributed by atoms with E-state index in [0.717, 1.165) is 57.2 Å². The Morgan fingerprint density at radius 1 is 1.14 bits per heavy atom. The van der Waals surface area contributed by atoms with Crippen LogP contribution < -0.4 is 10.1 Å². The number of ether oxygens (including phenoxy) is 1. The van der Waals surface area contributed by atoms with Crippen molar-refractivity contribution in [2.24, 2.45) is 0 Å². The van der Waals surface area contributed by atoms with Gasteiger partial charge in [-0.05, 0) is 91.5 Å². The van der Waals surface area contributed by atoms with E-state index in [2.05, 4.69) is 71.8 Å². The maximum Gasteiger partial charge on any atom is 0.214 e. The molecule has 0 amide bonds. The first-order chi connectivity index (χ1) is 14.2. The van der Waals surface area contributed by atoms with E-state index in [9.17, 15) is 0 Å². The number of rotatable bonds is 11. The summed E-state index contributed by atoms with van der Waals surface area (Å²) in [7, 11) is 0. The van der Waals surface area contributed by atoms with Crippen LogP contribution in [0.3, 0.4) is 0 Å². The van der Waals surface area contributed by atoms with Gasteiger partial charge < -0.3 is 10.1 Å². The van der Waals surface area contributed by atoms with Crippen LogP contribution in [-0.2, 0) is 6.54 Å². The molecular formula is C20H23Br2N5OS. The summed E-state index contributed by atoms with van der Waals surface area (Å²) in [6.45, 7) is 4.53. The largest absolute Gasteiger partial charge is 0.491 e. The lowest BCUT2D eigenvalue weighted by Crippen LogP contribution is -2.15. The Labute approximate surface area is 192 Å². The highest BCUT2D eigenvalue weighted by Crippen LogP contribution is 2.34. The maximum absolute atomic E-state index is 5.77. The van der Waals surface area contributed by atoms with E-state index < -0.39 is 0 Å². The molecule has 0 bridgehead atoms. The normalized spacial score (nSPS) is 11.0. The van der Waals surface area contributed by atoms with Gasteiger partial charge in [0.05, 0.1) is 21.2 Å². The zero-order chi connectivity index (χ0) is 20.5. The summed E-state index contributed by atoms with van der Waals surface area (Å²) >= 11 is 8.87. The van der Waals surface area contributed by atoms with Crippen molar-refractivity contribution in [3.63, 3.8) is 0 Å². The average molecular weight is 541 g/mol. The van der Waals surface area contributed by atoms with E-state index in [4.69, 9.17) is 4.74 Å². The lowest BCUT2D eigenvalue weighted by Gasteiger charge is -2.12. The van der Waals surface area contributed by atoms with Crippen molar-refractivity contribution in [3.8, 4) is 11.4 Å². The Bertz CT molecular complexity index is 884. The third-order valence-electron chi connectivity index (χ3n) is 4.01. The highest BCUT2D eigenvalue weighted by Gasteiger charge is 2.10. The Hall–Kier alpha value is -1.42. The van der Waals surface area contributed by atoms with Gasteiger partial charge in [-0.3, -0.25) is 0 Å². The van der Waals surface area contributed by atoms with Crippen molar-refractivity contribution < 1.29 is 4.74 Å². The van der Waals surface area contributed by atoms with Gasteiger partial charge in [0.1, 0.15) is 5.75 Å². The van der Waals surface area contributed by atoms with Gasteiger partial charge in [-0.15, -0.1) is 5.10 Å². The van der Waals surface area contributed by atoms with E-state index in [-0.39, 0.29) is 0 Å². The Morgan fingerprint density at radius 2 is 1.90 bits per heavy atom. The van der Waals surface area contributed by atoms with Gasteiger partial charge in [0.2, 0.25) is 5.16 Å². The maximum atomic E-state index is 5.77. The molecule has 6 nitrogen and oxygen atoms in total. The summed E-state index contributed by atoms with van der Waals surface area (Å²) in [6.07, 6.45) is 2.00. The van der Waals surface area contributed by atoms with Crippen molar-refractivity contribution in [1.82, 2.24) is 25.5 Å². The predicted molar refractivity (Wildman–Crippen MR) is 124 cm³/mol. The number of hydrogen-bond donors (Lipinski definition) is 1. The lowest BCUT2D eigenvalue weighted by molar-refractivity contribution is 0.313. The first-order valence-electron chi connectivity index (χ1n) is 9.47. The molecule has 0 aliphatic heterocycles. The number of aromatic nitrogens is 4. The van der Waals surface area contributed by atoms with Gasteiger partial charge in [-0.1, -0.05) is 36.9 Å². The van der Waals surface area contributed by atoms with Crippen molar-refractivity contribution in [1.29, 1.82) is 0 Å². The molecule has 0 radical (unpaired) electrons. The second-order valence-corrected chi connectivity index (χ2v) is 9.10. The zero-order valence-corrected chi connectivity index (χ0v) is 20.1. The monoisotopic (exact) mass is 539 g/mol. The zero-order valence-electron chi connectivity index (χ0n) is 16.1. The fourth-order valence-electron chi connectivity index (χ4n) is 2.65. The van der Waals surface area contributed by atoms with Crippen molar-refractivity contribution >= 4 is 43.6 Å². The molecule has 0 aliphatic rings. The van der Waals surface area contributed by atoms with Gasteiger partial charge in [-0.2, -0.15) is 4.68 Å². The number of nitrogens with zero attached hydrogens (tertiary/aromatic N) is 4. The molecule has 0 saturated carbocycles. The molecule has 0 saturated heterocycles. The van der Waals surface area contributed by atoms with E-state index in [1.54, 1.807) is 16.4 Å². The molecule has 1 aromatic heterocycles. The smallest absolute Gasteiger partial charge is 0.214 e. The van der Waals surface area contributed by atoms with Crippen LogP contribution in [-0.4, -0.2) is 39.1 Å². The SMILES string of the molecule is CCCOc1c(Br)cc(CNCCCSc2nnnn2-c2ccccc2)cc1Br. The highest BCUT2D eigenvalue weighted by atomic mass is 79.9. The minimum atomic E-state index is 0.708. The average Bonchev–Trinajstić information content (AvgIpc) is 3.19. The first kappa shape index (κ1) is 22.3. The second kappa shape index (κ2) is 11.7. The summed E-state index contributed by atoms with van der Waals surface area (Å²) in [6, 6.07) is 14.1. The van der Waals surface area contributed by atoms with Gasteiger partial charge in [0, 0.05) is 12.3 Å². The van der Waals surface area contributed by atoms with Crippen molar-refractivity contribution in [3.05, 3.63) is 57.0 Å². The van der Waals surface area contributed by atoms with Crippen LogP contribution in [0.2, 0.25) is 0 Å². The van der Waals surface area contributed by atoms with Crippen LogP contribution in [0.15, 0.2) is 56.6 Å². The third-order valence-corrected chi connectivity index (χ3v) is 6.19. The molecule has 0 aliphatic carbocycles. The molecule has 3 rings (SSSR count). The second-order valence-electron chi connectivity index (χ2n) is 6.32. The van der Waals surface area contributed by atoms with Gasteiger partial charge in [0.25, 0.3) is 0 Å². The Balaban J connectivity index is 1.42. The minimum absolute atomic E-state index is 0.708. The van der Waals surface area contributed by atoms with Gasteiger partial charge in [0.15, 0.2) is 0 Å². The molecule has 0 spiro atoms. The van der Waals surface area contributed by atoms with E-state index in [0.29, 0.717) is 6.61 Å². The molecule has 2 aromatic carbocycles. The topological polar surface area (TPSA) is 64.9 Å². The summed E-state index contributed by atoms with van der Waals surface area (Å²) in [5, 5.41) is 16.3. The molecule has 9 heteroatoms. The molecule has 1 heterocycles. The quantitative estimate of drug-likeness (QED) is 0.265. The number of hydrogen-bond acceptors (Lipinski definition) is 6. The molecule has 0 unspecified atom stereocenters. The fraction of sp³-hybridized carbons (Fsp3) is 0.350. The molecule has 0 atom stereocenters. The van der Waals surface area contributed by atoms with Crippen LogP contribution in [0, 0.1) is 0 Å². The van der Waals surface area contributed by atoms with Crippen LogP contribution in [0.4, 0.5) is 0 Å². The molecule has 29 heavy (non-hydrogen) atoms. The van der Waals surface area contributed by atoms with Crippen LogP contribution in [0.1, 0.15) is 25.3 Å². The standard InChI is InChI=1S/C20H23Br2N5OS/c1-2-10-28-19-17(21)12-15(13-18(19)22)14-23-9-6-11-29-20-24-25-26-27(20)16-7-4-3-5-8-16/h3-5,7-8,12-13,23H,2,6,9-11,14H2,1H3. The molecule has 1 N–H and O–H groups in total. The third kappa shape index (κ3) is 6.53. The number of thioether (sulfide) groups is 1. The summed E-state index contributed by atoms with van der Waals surface area (Å²) in [4.78, 5) is 0. The number of benzene rings is 2. The number of halogens is 2. The lowest BCUT2D eigenvalue weighted by atomic mass is 10.2. The molecule has 3 aromatic rings. The van der Waals surface area contributed by atoms with Crippen molar-refractivity contribution in [2.75, 3.05) is 18.9 Å². The minimum Gasteiger partial charge on any atom is -0.491 e. The number of tetrazole rings is 1. The van der Waals surface area contributed by atoms with Crippen LogP contribution in [0.25, 0.3) is 5.69 Å². The van der Waals surface area contributed by atoms with Crippen LogP contribution in [0.5, 0.6) is 5.75 Å². The molecular weight excluding hydrogens is 518 g/mol. The van der Waals surface area contributed by atoms with Gasteiger partial charge >= 0.3 is 0 Å². The van der Waals surface area contributed by atoms with E-state index >= 15 is 0 Å². The summed E-state index contributed by atoms with van der Waals surface area (Å²) in [5.74, 6) is 1.81. The Kier molecular flexibility index (Phi) is 8.97. The predicted octanol–water partition coefficient (Wildman–Crippen LogP) is 5.25. The summed E-state index contributed by atoms with van der Waals surface area (Å²) < 4.78 is 9.49. The van der Waals surface area contributed by atoms with Crippen molar-refractivity contribution in [2.45, 2.75) is 31.5 Å². The highest BCUT2D eigenvalue weighted by molar-refractivity contribution is 9.11. The number of nitrogens with one attached hydrogen (secondary N) is 1. The summed E-state index contributed by atoms with van der Waals surface area (Å²) in [5.41, 5.74) is 2.17.